The van der Waals surface area contributed by atoms with Gasteiger partial charge >= 0.3 is 0 Å². The third kappa shape index (κ3) is 5.10. The Morgan fingerprint density at radius 1 is 1.32 bits per heavy atom. The van der Waals surface area contributed by atoms with Gasteiger partial charge in [0, 0.05) is 44.1 Å². The molecular formula is C20H27N5O3. The fraction of sp³-hybridized carbons (Fsp3) is 0.450. The van der Waals surface area contributed by atoms with Crippen molar-refractivity contribution >= 4 is 11.9 Å². The number of benzene rings is 1. The molecule has 0 spiro atoms. The molecule has 0 aliphatic carbocycles. The first-order valence-electron chi connectivity index (χ1n) is 9.52. The number of nitrogens with one attached hydrogen (secondary N) is 1. The minimum absolute atomic E-state index is 0.128. The summed E-state index contributed by atoms with van der Waals surface area (Å²) in [6, 6.07) is 6.96. The number of nitrogens with two attached hydrogens (primary N) is 1. The van der Waals surface area contributed by atoms with Crippen molar-refractivity contribution in [1.82, 2.24) is 15.3 Å². The maximum Gasteiger partial charge on any atom is 0.251 e. The predicted molar refractivity (Wildman–Crippen MR) is 107 cm³/mol. The molecule has 2 heterocycles. The molecule has 150 valence electrons. The number of hydrogen-bond donors (Lipinski definition) is 2. The molecule has 0 radical (unpaired) electrons. The van der Waals surface area contributed by atoms with Crippen molar-refractivity contribution in [1.29, 1.82) is 0 Å². The SMILES string of the molecule is COc1cc(C(=O)NC[C@H]2CCCN(c3ncccn3)C2)ccc1OCCN. The molecule has 0 unspecified atom stereocenters. The summed E-state index contributed by atoms with van der Waals surface area (Å²) in [6.45, 7) is 3.19. The Balaban J connectivity index is 1.56. The highest BCUT2D eigenvalue weighted by Crippen LogP contribution is 2.28. The number of methoxy groups -OCH3 is 1. The van der Waals surface area contributed by atoms with Gasteiger partial charge < -0.3 is 25.4 Å². The molecular weight excluding hydrogens is 358 g/mol. The van der Waals surface area contributed by atoms with E-state index in [0.29, 0.717) is 42.7 Å². The number of ether oxygens (including phenoxy) is 2. The van der Waals surface area contributed by atoms with Crippen molar-refractivity contribution < 1.29 is 14.3 Å². The zero-order valence-electron chi connectivity index (χ0n) is 16.1. The van der Waals surface area contributed by atoms with Crippen LogP contribution in [0.5, 0.6) is 11.5 Å². The molecule has 1 aliphatic heterocycles. The largest absolute Gasteiger partial charge is 0.493 e. The standard InChI is InChI=1S/C20H27N5O3/c1-27-18-12-16(5-6-17(18)28-11-7-21)19(26)24-13-15-4-2-10-25(14-15)20-22-8-3-9-23-20/h3,5-6,8-9,12,15H,2,4,7,10-11,13-14,21H2,1H3,(H,24,26)/t15-/m1/s1. The molecule has 1 amide bonds. The predicted octanol–water partition coefficient (Wildman–Crippen LogP) is 1.47. The van der Waals surface area contributed by atoms with E-state index in [0.717, 1.165) is 31.9 Å². The third-order valence-corrected chi connectivity index (χ3v) is 4.71. The molecule has 3 rings (SSSR count). The van der Waals surface area contributed by atoms with E-state index >= 15 is 0 Å². The summed E-state index contributed by atoms with van der Waals surface area (Å²) < 4.78 is 10.8. The van der Waals surface area contributed by atoms with Crippen molar-refractivity contribution in [3.63, 3.8) is 0 Å². The molecule has 1 aliphatic rings. The van der Waals surface area contributed by atoms with Gasteiger partial charge in [-0.1, -0.05) is 0 Å². The zero-order chi connectivity index (χ0) is 19.8. The van der Waals surface area contributed by atoms with Gasteiger partial charge in [-0.3, -0.25) is 4.79 Å². The Labute approximate surface area is 165 Å². The van der Waals surface area contributed by atoms with Crippen LogP contribution in [0.25, 0.3) is 0 Å². The molecule has 1 aromatic carbocycles. The van der Waals surface area contributed by atoms with Crippen LogP contribution in [0, 0.1) is 5.92 Å². The van der Waals surface area contributed by atoms with E-state index < -0.39 is 0 Å². The van der Waals surface area contributed by atoms with Crippen molar-refractivity contribution in [2.75, 3.05) is 44.8 Å². The van der Waals surface area contributed by atoms with Gasteiger partial charge in [0.15, 0.2) is 11.5 Å². The molecule has 8 heteroatoms. The fourth-order valence-electron chi connectivity index (χ4n) is 3.30. The number of piperidine rings is 1. The maximum atomic E-state index is 12.6. The van der Waals surface area contributed by atoms with E-state index in [-0.39, 0.29) is 5.91 Å². The van der Waals surface area contributed by atoms with Crippen molar-refractivity contribution in [2.45, 2.75) is 12.8 Å². The Kier molecular flexibility index (Phi) is 7.02. The van der Waals surface area contributed by atoms with Crippen LogP contribution in [0.15, 0.2) is 36.7 Å². The van der Waals surface area contributed by atoms with Gasteiger partial charge in [0.1, 0.15) is 6.61 Å². The van der Waals surface area contributed by atoms with Gasteiger partial charge in [-0.2, -0.15) is 0 Å². The van der Waals surface area contributed by atoms with E-state index in [1.165, 1.54) is 0 Å². The first-order chi connectivity index (χ1) is 13.7. The third-order valence-electron chi connectivity index (χ3n) is 4.71. The summed E-state index contributed by atoms with van der Waals surface area (Å²) in [5, 5.41) is 3.03. The second-order valence-electron chi connectivity index (χ2n) is 6.72. The molecule has 0 saturated carbocycles. The quantitative estimate of drug-likeness (QED) is 0.709. The monoisotopic (exact) mass is 385 g/mol. The van der Waals surface area contributed by atoms with Crippen LogP contribution in [0.4, 0.5) is 5.95 Å². The number of amides is 1. The lowest BCUT2D eigenvalue weighted by Crippen LogP contribution is -2.41. The normalized spacial score (nSPS) is 16.5. The van der Waals surface area contributed by atoms with Crippen LogP contribution in [0.2, 0.25) is 0 Å². The maximum absolute atomic E-state index is 12.6. The fourth-order valence-corrected chi connectivity index (χ4v) is 3.30. The van der Waals surface area contributed by atoms with Gasteiger partial charge in [-0.05, 0) is 43.0 Å². The summed E-state index contributed by atoms with van der Waals surface area (Å²) in [7, 11) is 1.55. The molecule has 0 bridgehead atoms. The summed E-state index contributed by atoms with van der Waals surface area (Å²) in [5.74, 6) is 2.07. The smallest absolute Gasteiger partial charge is 0.251 e. The lowest BCUT2D eigenvalue weighted by atomic mass is 9.98. The minimum atomic E-state index is -0.128. The number of anilines is 1. The van der Waals surface area contributed by atoms with E-state index in [1.807, 2.05) is 6.07 Å². The number of rotatable bonds is 8. The molecule has 8 nitrogen and oxygen atoms in total. The summed E-state index contributed by atoms with van der Waals surface area (Å²) >= 11 is 0. The molecule has 1 atom stereocenters. The Bertz CT molecular complexity index is 772. The zero-order valence-corrected chi connectivity index (χ0v) is 16.1. The number of carbonyl (C=O) groups excluding carboxylic acids is 1. The van der Waals surface area contributed by atoms with Crippen LogP contribution in [-0.4, -0.2) is 55.8 Å². The highest BCUT2D eigenvalue weighted by Gasteiger charge is 2.22. The molecule has 1 fully saturated rings. The van der Waals surface area contributed by atoms with E-state index in [1.54, 1.807) is 37.7 Å². The van der Waals surface area contributed by atoms with Crippen LogP contribution in [0.1, 0.15) is 23.2 Å². The van der Waals surface area contributed by atoms with Crippen molar-refractivity contribution in [3.8, 4) is 11.5 Å². The van der Waals surface area contributed by atoms with Crippen LogP contribution in [-0.2, 0) is 0 Å². The molecule has 28 heavy (non-hydrogen) atoms. The highest BCUT2D eigenvalue weighted by atomic mass is 16.5. The second-order valence-corrected chi connectivity index (χ2v) is 6.72. The Hall–Kier alpha value is -2.87. The minimum Gasteiger partial charge on any atom is -0.493 e. The topological polar surface area (TPSA) is 103 Å². The second kappa shape index (κ2) is 9.89. The van der Waals surface area contributed by atoms with Crippen molar-refractivity contribution in [2.24, 2.45) is 11.7 Å². The highest BCUT2D eigenvalue weighted by molar-refractivity contribution is 5.94. The van der Waals surface area contributed by atoms with E-state index in [4.69, 9.17) is 15.2 Å². The molecule has 2 aromatic rings. The van der Waals surface area contributed by atoms with E-state index in [2.05, 4.69) is 20.2 Å². The average Bonchev–Trinajstić information content (AvgIpc) is 2.76. The van der Waals surface area contributed by atoms with Gasteiger partial charge in [0.25, 0.3) is 5.91 Å². The van der Waals surface area contributed by atoms with Gasteiger partial charge in [-0.25, -0.2) is 9.97 Å². The van der Waals surface area contributed by atoms with Gasteiger partial charge in [0.05, 0.1) is 7.11 Å². The van der Waals surface area contributed by atoms with Crippen LogP contribution < -0.4 is 25.4 Å². The average molecular weight is 385 g/mol. The molecule has 1 saturated heterocycles. The summed E-state index contributed by atoms with van der Waals surface area (Å²) in [5.41, 5.74) is 6.00. The molecule has 1 aromatic heterocycles. The van der Waals surface area contributed by atoms with Crippen LogP contribution >= 0.6 is 0 Å². The summed E-state index contributed by atoms with van der Waals surface area (Å²) in [4.78, 5) is 23.4. The number of nitrogens with zero attached hydrogens (tertiary/aromatic N) is 3. The lowest BCUT2D eigenvalue weighted by molar-refractivity contribution is 0.0945. The first-order valence-corrected chi connectivity index (χ1v) is 9.52. The number of aromatic nitrogens is 2. The number of carbonyl (C=O) groups is 1. The van der Waals surface area contributed by atoms with Gasteiger partial charge in [0.2, 0.25) is 5.95 Å². The van der Waals surface area contributed by atoms with Crippen LogP contribution in [0.3, 0.4) is 0 Å². The summed E-state index contributed by atoms with van der Waals surface area (Å²) in [6.07, 6.45) is 5.63. The molecule has 3 N–H and O–H groups in total. The van der Waals surface area contributed by atoms with E-state index in [9.17, 15) is 4.79 Å². The van der Waals surface area contributed by atoms with Gasteiger partial charge in [-0.15, -0.1) is 0 Å². The Morgan fingerprint density at radius 3 is 2.89 bits per heavy atom. The number of hydrogen-bond acceptors (Lipinski definition) is 7. The lowest BCUT2D eigenvalue weighted by Gasteiger charge is -2.32. The Morgan fingerprint density at radius 2 is 2.14 bits per heavy atom. The van der Waals surface area contributed by atoms with Crippen molar-refractivity contribution in [3.05, 3.63) is 42.2 Å². The first kappa shape index (κ1) is 19.9.